The van der Waals surface area contributed by atoms with Gasteiger partial charge in [0.1, 0.15) is 4.21 Å². The van der Waals surface area contributed by atoms with Gasteiger partial charge in [0.2, 0.25) is 10.0 Å². The highest BCUT2D eigenvalue weighted by Crippen LogP contribution is 2.26. The van der Waals surface area contributed by atoms with Crippen molar-refractivity contribution in [3.63, 3.8) is 0 Å². The molecule has 0 radical (unpaired) electrons. The second-order valence-corrected chi connectivity index (χ2v) is 10.0. The van der Waals surface area contributed by atoms with Crippen molar-refractivity contribution in [3.8, 4) is 0 Å². The molecule has 0 aromatic carbocycles. The summed E-state index contributed by atoms with van der Waals surface area (Å²) in [4.78, 5) is 1.04. The molecule has 6 heteroatoms. The Kier molecular flexibility index (Phi) is 6.40. The second-order valence-electron chi connectivity index (χ2n) is 6.88. The van der Waals surface area contributed by atoms with E-state index in [-0.39, 0.29) is 11.3 Å². The molecule has 2 N–H and O–H groups in total. The highest BCUT2D eigenvalue weighted by atomic mass is 32.2. The lowest BCUT2D eigenvalue weighted by atomic mass is 9.82. The van der Waals surface area contributed by atoms with Crippen LogP contribution < -0.4 is 10.0 Å². The fourth-order valence-corrected chi connectivity index (χ4v) is 4.00. The Morgan fingerprint density at radius 2 is 1.81 bits per heavy atom. The molecule has 4 nitrogen and oxygen atoms in total. The molecule has 1 aromatic heterocycles. The van der Waals surface area contributed by atoms with Crippen molar-refractivity contribution in [2.75, 3.05) is 6.54 Å². The van der Waals surface area contributed by atoms with Gasteiger partial charge in [-0.25, -0.2) is 13.1 Å². The first-order valence-corrected chi connectivity index (χ1v) is 9.64. The number of hydrogen-bond donors (Lipinski definition) is 2. The third-order valence-corrected chi connectivity index (χ3v) is 6.64. The maximum atomic E-state index is 12.3. The first-order valence-electron chi connectivity index (χ1n) is 7.34. The average Bonchev–Trinajstić information content (AvgIpc) is 2.81. The van der Waals surface area contributed by atoms with Crippen LogP contribution in [0.25, 0.3) is 0 Å². The maximum absolute atomic E-state index is 12.3. The lowest BCUT2D eigenvalue weighted by Gasteiger charge is -2.27. The molecule has 1 atom stereocenters. The summed E-state index contributed by atoms with van der Waals surface area (Å²) in [5.41, 5.74) is 0.0876. The van der Waals surface area contributed by atoms with Crippen LogP contribution in [0.4, 0.5) is 0 Å². The number of thiophene rings is 1. The molecule has 0 bridgehead atoms. The van der Waals surface area contributed by atoms with Gasteiger partial charge in [-0.05, 0) is 23.5 Å². The molecule has 0 fully saturated rings. The largest absolute Gasteiger partial charge is 0.310 e. The van der Waals surface area contributed by atoms with Crippen molar-refractivity contribution in [2.24, 2.45) is 11.3 Å². The molecule has 0 saturated carbocycles. The molecule has 21 heavy (non-hydrogen) atoms. The van der Waals surface area contributed by atoms with Crippen LogP contribution in [0.15, 0.2) is 16.3 Å². The highest BCUT2D eigenvalue weighted by Gasteiger charge is 2.23. The van der Waals surface area contributed by atoms with E-state index < -0.39 is 10.0 Å². The topological polar surface area (TPSA) is 58.2 Å². The van der Waals surface area contributed by atoms with Crippen LogP contribution in [0.2, 0.25) is 0 Å². The van der Waals surface area contributed by atoms with Crippen LogP contribution in [0.3, 0.4) is 0 Å². The Morgan fingerprint density at radius 1 is 1.19 bits per heavy atom. The van der Waals surface area contributed by atoms with Crippen LogP contribution in [-0.4, -0.2) is 21.0 Å². The molecule has 0 aliphatic carbocycles. The summed E-state index contributed by atoms with van der Waals surface area (Å²) < 4.78 is 27.7. The van der Waals surface area contributed by atoms with Crippen molar-refractivity contribution in [1.29, 1.82) is 0 Å². The molecule has 0 aliphatic rings. The Hall–Kier alpha value is -0.430. The Morgan fingerprint density at radius 3 is 2.33 bits per heavy atom. The van der Waals surface area contributed by atoms with Gasteiger partial charge in [0.25, 0.3) is 0 Å². The van der Waals surface area contributed by atoms with Gasteiger partial charge in [0.15, 0.2) is 0 Å². The molecule has 1 aromatic rings. The molecule has 0 saturated heterocycles. The smallest absolute Gasteiger partial charge is 0.250 e. The van der Waals surface area contributed by atoms with Gasteiger partial charge < -0.3 is 5.32 Å². The normalized spacial score (nSPS) is 14.6. The number of sulfonamides is 1. The molecule has 0 amide bonds. The maximum Gasteiger partial charge on any atom is 0.250 e. The van der Waals surface area contributed by atoms with Crippen molar-refractivity contribution in [3.05, 3.63) is 17.0 Å². The predicted molar refractivity (Wildman–Crippen MR) is 90.1 cm³/mol. The summed E-state index contributed by atoms with van der Waals surface area (Å²) in [5, 5.41) is 3.29. The van der Waals surface area contributed by atoms with Crippen LogP contribution in [0.5, 0.6) is 0 Å². The van der Waals surface area contributed by atoms with Gasteiger partial charge >= 0.3 is 0 Å². The predicted octanol–water partition coefficient (Wildman–Crippen LogP) is 3.21. The summed E-state index contributed by atoms with van der Waals surface area (Å²) in [5.74, 6) is 0.273. The monoisotopic (exact) mass is 332 g/mol. The molecular formula is C15H28N2O2S2. The van der Waals surface area contributed by atoms with E-state index in [0.717, 1.165) is 4.88 Å². The van der Waals surface area contributed by atoms with E-state index in [9.17, 15) is 8.42 Å². The zero-order valence-corrected chi connectivity index (χ0v) is 15.5. The summed E-state index contributed by atoms with van der Waals surface area (Å²) in [6, 6.07) is 3.95. The van der Waals surface area contributed by atoms with E-state index >= 15 is 0 Å². The van der Waals surface area contributed by atoms with Crippen LogP contribution in [0, 0.1) is 11.3 Å². The second kappa shape index (κ2) is 7.22. The van der Waals surface area contributed by atoms with E-state index in [1.807, 2.05) is 6.07 Å². The quantitative estimate of drug-likeness (QED) is 0.806. The van der Waals surface area contributed by atoms with E-state index in [0.29, 0.717) is 23.3 Å². The van der Waals surface area contributed by atoms with Gasteiger partial charge in [-0.1, -0.05) is 41.5 Å². The Labute approximate surface area is 133 Å². The van der Waals surface area contributed by atoms with Crippen molar-refractivity contribution >= 4 is 21.4 Å². The lowest BCUT2D eigenvalue weighted by molar-refractivity contribution is 0.263. The van der Waals surface area contributed by atoms with Crippen molar-refractivity contribution in [2.45, 2.75) is 58.3 Å². The third kappa shape index (κ3) is 6.06. The highest BCUT2D eigenvalue weighted by molar-refractivity contribution is 7.91. The van der Waals surface area contributed by atoms with E-state index in [2.05, 4.69) is 51.6 Å². The van der Waals surface area contributed by atoms with Crippen molar-refractivity contribution in [1.82, 2.24) is 10.0 Å². The van der Waals surface area contributed by atoms with Gasteiger partial charge in [-0.2, -0.15) is 0 Å². The molecule has 1 heterocycles. The molecular weight excluding hydrogens is 304 g/mol. The van der Waals surface area contributed by atoms with Crippen LogP contribution in [-0.2, 0) is 16.6 Å². The molecule has 0 aliphatic heterocycles. The number of hydrogen-bond acceptors (Lipinski definition) is 4. The van der Waals surface area contributed by atoms with Gasteiger partial charge in [0.05, 0.1) is 0 Å². The Bertz CT molecular complexity index is 542. The van der Waals surface area contributed by atoms with Crippen molar-refractivity contribution < 1.29 is 8.42 Å². The summed E-state index contributed by atoms with van der Waals surface area (Å²) in [6.45, 7) is 13.7. The minimum absolute atomic E-state index is 0.0876. The molecule has 1 rings (SSSR count). The van der Waals surface area contributed by atoms with Gasteiger partial charge in [0, 0.05) is 24.0 Å². The average molecular weight is 333 g/mol. The number of nitrogens with one attached hydrogen (secondary N) is 2. The van der Waals surface area contributed by atoms with Crippen LogP contribution >= 0.6 is 11.3 Å². The van der Waals surface area contributed by atoms with Gasteiger partial charge in [-0.15, -0.1) is 11.3 Å². The zero-order valence-electron chi connectivity index (χ0n) is 13.9. The molecule has 122 valence electrons. The first-order chi connectivity index (χ1) is 9.52. The minimum Gasteiger partial charge on any atom is -0.310 e. The third-order valence-electron chi connectivity index (χ3n) is 3.64. The molecule has 1 unspecified atom stereocenters. The minimum atomic E-state index is -3.39. The Balaban J connectivity index is 2.67. The standard InChI is InChI=1S/C15H28N2O2S2/c1-11(2)16-10-13-7-8-14(20-13)21(18,19)17-9-12(3)15(4,5)6/h7-8,11-12,16-17H,9-10H2,1-6H3. The van der Waals surface area contributed by atoms with E-state index in [1.54, 1.807) is 6.07 Å². The van der Waals surface area contributed by atoms with Gasteiger partial charge in [-0.3, -0.25) is 0 Å². The van der Waals surface area contributed by atoms with E-state index in [4.69, 9.17) is 0 Å². The number of rotatable bonds is 7. The molecule has 0 spiro atoms. The summed E-state index contributed by atoms with van der Waals surface area (Å²) >= 11 is 1.33. The fraction of sp³-hybridized carbons (Fsp3) is 0.733. The fourth-order valence-electron chi connectivity index (χ4n) is 1.51. The SMILES string of the molecule is CC(C)NCc1ccc(S(=O)(=O)NCC(C)C(C)(C)C)s1. The van der Waals surface area contributed by atoms with Crippen LogP contribution in [0.1, 0.15) is 46.4 Å². The zero-order chi connectivity index (χ0) is 16.3. The van der Waals surface area contributed by atoms with E-state index in [1.165, 1.54) is 11.3 Å². The lowest BCUT2D eigenvalue weighted by Crippen LogP contribution is -2.33. The summed E-state index contributed by atoms with van der Waals surface area (Å²) in [6.07, 6.45) is 0. The summed E-state index contributed by atoms with van der Waals surface area (Å²) in [7, 11) is -3.39. The first kappa shape index (κ1) is 18.6.